The van der Waals surface area contributed by atoms with E-state index < -0.39 is 17.4 Å². The smallest absolute Gasteiger partial charge is 0.349 e. The molecule has 0 fully saturated rings. The third-order valence-electron chi connectivity index (χ3n) is 4.75. The summed E-state index contributed by atoms with van der Waals surface area (Å²) >= 11 is 0. The summed E-state index contributed by atoms with van der Waals surface area (Å²) < 4.78 is 10.8. The Morgan fingerprint density at radius 3 is 2.42 bits per heavy atom. The fraction of sp³-hybridized carbons (Fsp3) is 0.125. The number of rotatable bonds is 5. The van der Waals surface area contributed by atoms with Gasteiger partial charge in [-0.3, -0.25) is 20.4 Å². The first-order valence-corrected chi connectivity index (χ1v) is 9.86. The molecular formula is C24H20N2O5. The lowest BCUT2D eigenvalue weighted by molar-refractivity contribution is 0.0845. The van der Waals surface area contributed by atoms with Gasteiger partial charge in [-0.15, -0.1) is 0 Å². The number of carbonyl (C=O) groups excluding carboxylic acids is 2. The Morgan fingerprint density at radius 2 is 1.61 bits per heavy atom. The highest BCUT2D eigenvalue weighted by molar-refractivity contribution is 6.08. The second kappa shape index (κ2) is 8.71. The van der Waals surface area contributed by atoms with Crippen molar-refractivity contribution in [3.8, 4) is 5.75 Å². The average molecular weight is 416 g/mol. The monoisotopic (exact) mass is 416 g/mol. The standard InChI is InChI=1S/C24H20N2O5/c1-2-12-30-17-11-10-16-13-20(24(29)31-21(16)14-17)23(28)26-25-22(27)19-9-5-7-15-6-3-4-8-18(15)19/h3-11,13-14H,2,12H2,1H3,(H,25,27)(H,26,28). The molecule has 3 aromatic carbocycles. The molecule has 0 aliphatic carbocycles. The predicted molar refractivity (Wildman–Crippen MR) is 117 cm³/mol. The Balaban J connectivity index is 1.52. The van der Waals surface area contributed by atoms with Crippen LogP contribution < -0.4 is 21.2 Å². The van der Waals surface area contributed by atoms with Crippen molar-refractivity contribution in [2.24, 2.45) is 0 Å². The largest absolute Gasteiger partial charge is 0.493 e. The van der Waals surface area contributed by atoms with Crippen molar-refractivity contribution in [3.05, 3.63) is 88.3 Å². The van der Waals surface area contributed by atoms with E-state index in [0.29, 0.717) is 28.9 Å². The van der Waals surface area contributed by atoms with E-state index in [0.717, 1.165) is 17.2 Å². The minimum atomic E-state index is -0.808. The molecule has 0 bridgehead atoms. The third-order valence-corrected chi connectivity index (χ3v) is 4.75. The highest BCUT2D eigenvalue weighted by atomic mass is 16.5. The number of hydrazine groups is 1. The molecule has 156 valence electrons. The molecule has 31 heavy (non-hydrogen) atoms. The van der Waals surface area contributed by atoms with Crippen molar-refractivity contribution >= 4 is 33.6 Å². The van der Waals surface area contributed by atoms with Crippen molar-refractivity contribution in [1.82, 2.24) is 10.9 Å². The summed E-state index contributed by atoms with van der Waals surface area (Å²) in [6.45, 7) is 2.54. The van der Waals surface area contributed by atoms with Crippen LogP contribution in [0.4, 0.5) is 0 Å². The zero-order valence-corrected chi connectivity index (χ0v) is 16.8. The quantitative estimate of drug-likeness (QED) is 0.381. The maximum absolute atomic E-state index is 12.6. The van der Waals surface area contributed by atoms with E-state index >= 15 is 0 Å². The first-order valence-electron chi connectivity index (χ1n) is 9.86. The van der Waals surface area contributed by atoms with Gasteiger partial charge in [0.2, 0.25) is 0 Å². The lowest BCUT2D eigenvalue weighted by Crippen LogP contribution is -2.43. The number of hydrogen-bond donors (Lipinski definition) is 2. The number of fused-ring (bicyclic) bond motifs is 2. The van der Waals surface area contributed by atoms with Crippen LogP contribution in [-0.2, 0) is 0 Å². The van der Waals surface area contributed by atoms with Crippen LogP contribution in [0.5, 0.6) is 5.75 Å². The van der Waals surface area contributed by atoms with Gasteiger partial charge in [-0.2, -0.15) is 0 Å². The van der Waals surface area contributed by atoms with Crippen LogP contribution >= 0.6 is 0 Å². The number of benzene rings is 3. The molecule has 1 aromatic heterocycles. The minimum absolute atomic E-state index is 0.215. The highest BCUT2D eigenvalue weighted by Crippen LogP contribution is 2.21. The maximum atomic E-state index is 12.6. The summed E-state index contributed by atoms with van der Waals surface area (Å²) in [6.07, 6.45) is 0.853. The van der Waals surface area contributed by atoms with Gasteiger partial charge in [0.1, 0.15) is 16.9 Å². The number of carbonyl (C=O) groups is 2. The SMILES string of the molecule is CCCOc1ccc2cc(C(=O)NNC(=O)c3cccc4ccccc34)c(=O)oc2c1. The van der Waals surface area contributed by atoms with Gasteiger partial charge in [0.15, 0.2) is 0 Å². The Bertz CT molecular complexity index is 1340. The lowest BCUT2D eigenvalue weighted by Gasteiger charge is -2.10. The first kappa shape index (κ1) is 20.2. The van der Waals surface area contributed by atoms with Crippen molar-refractivity contribution in [2.45, 2.75) is 13.3 Å². The van der Waals surface area contributed by atoms with Crippen molar-refractivity contribution in [2.75, 3.05) is 6.61 Å². The fourth-order valence-electron chi connectivity index (χ4n) is 3.23. The van der Waals surface area contributed by atoms with Gasteiger partial charge in [-0.05, 0) is 41.5 Å². The molecule has 7 heteroatoms. The molecule has 1 heterocycles. The Hall–Kier alpha value is -4.13. The summed E-state index contributed by atoms with van der Waals surface area (Å²) in [4.78, 5) is 37.4. The van der Waals surface area contributed by atoms with Gasteiger partial charge in [0.25, 0.3) is 11.8 Å². The van der Waals surface area contributed by atoms with Gasteiger partial charge in [0.05, 0.1) is 6.61 Å². The van der Waals surface area contributed by atoms with Crippen LogP contribution in [0.25, 0.3) is 21.7 Å². The van der Waals surface area contributed by atoms with Crippen LogP contribution in [0.3, 0.4) is 0 Å². The molecule has 7 nitrogen and oxygen atoms in total. The average Bonchev–Trinajstić information content (AvgIpc) is 2.80. The number of nitrogens with one attached hydrogen (secondary N) is 2. The van der Waals surface area contributed by atoms with E-state index in [2.05, 4.69) is 10.9 Å². The predicted octanol–water partition coefficient (Wildman–Crippen LogP) is 3.81. The number of amides is 2. The summed E-state index contributed by atoms with van der Waals surface area (Å²) in [6, 6.07) is 19.2. The minimum Gasteiger partial charge on any atom is -0.493 e. The second-order valence-electron chi connectivity index (χ2n) is 6.93. The summed E-state index contributed by atoms with van der Waals surface area (Å²) in [5.74, 6) is -0.680. The van der Waals surface area contributed by atoms with Gasteiger partial charge in [-0.1, -0.05) is 43.3 Å². The van der Waals surface area contributed by atoms with E-state index in [1.54, 1.807) is 30.3 Å². The van der Waals surface area contributed by atoms with Crippen LogP contribution in [0.15, 0.2) is 75.9 Å². The molecule has 0 saturated carbocycles. The molecule has 0 unspecified atom stereocenters. The van der Waals surface area contributed by atoms with Crippen LogP contribution in [-0.4, -0.2) is 18.4 Å². The van der Waals surface area contributed by atoms with Crippen molar-refractivity contribution in [1.29, 1.82) is 0 Å². The molecule has 0 spiro atoms. The summed E-state index contributed by atoms with van der Waals surface area (Å²) in [7, 11) is 0. The normalized spacial score (nSPS) is 10.7. The van der Waals surface area contributed by atoms with Crippen molar-refractivity contribution in [3.63, 3.8) is 0 Å². The zero-order valence-electron chi connectivity index (χ0n) is 16.8. The van der Waals surface area contributed by atoms with Gasteiger partial charge >= 0.3 is 5.63 Å². The second-order valence-corrected chi connectivity index (χ2v) is 6.93. The number of ether oxygens (including phenoxy) is 1. The maximum Gasteiger partial charge on any atom is 0.349 e. The molecule has 2 amide bonds. The highest BCUT2D eigenvalue weighted by Gasteiger charge is 2.16. The molecular weight excluding hydrogens is 396 g/mol. The topological polar surface area (TPSA) is 97.6 Å². The molecule has 4 rings (SSSR count). The summed E-state index contributed by atoms with van der Waals surface area (Å²) in [5, 5.41) is 2.22. The van der Waals surface area contributed by atoms with Gasteiger partial charge < -0.3 is 9.15 Å². The molecule has 0 aliphatic heterocycles. The summed E-state index contributed by atoms with van der Waals surface area (Å²) in [5.41, 5.74) is 4.34. The zero-order chi connectivity index (χ0) is 21.8. The first-order chi connectivity index (χ1) is 15.1. The Labute approximate surface area is 177 Å². The molecule has 0 atom stereocenters. The van der Waals surface area contributed by atoms with E-state index in [1.165, 1.54) is 6.07 Å². The van der Waals surface area contributed by atoms with Gasteiger partial charge in [-0.25, -0.2) is 4.79 Å². The lowest BCUT2D eigenvalue weighted by atomic mass is 10.0. The van der Waals surface area contributed by atoms with Crippen LogP contribution in [0.2, 0.25) is 0 Å². The fourth-order valence-corrected chi connectivity index (χ4v) is 3.23. The molecule has 0 saturated heterocycles. The Kier molecular flexibility index (Phi) is 5.66. The molecule has 0 aliphatic rings. The van der Waals surface area contributed by atoms with E-state index in [-0.39, 0.29) is 5.56 Å². The number of hydrogen-bond acceptors (Lipinski definition) is 5. The molecule has 2 N–H and O–H groups in total. The third kappa shape index (κ3) is 4.25. The van der Waals surface area contributed by atoms with Gasteiger partial charge in [0, 0.05) is 17.0 Å². The molecule has 4 aromatic rings. The van der Waals surface area contributed by atoms with Crippen LogP contribution in [0.1, 0.15) is 34.1 Å². The van der Waals surface area contributed by atoms with E-state index in [4.69, 9.17) is 9.15 Å². The molecule has 0 radical (unpaired) electrons. The van der Waals surface area contributed by atoms with Crippen LogP contribution in [0, 0.1) is 0 Å². The Morgan fingerprint density at radius 1 is 0.871 bits per heavy atom. The van der Waals surface area contributed by atoms with E-state index in [9.17, 15) is 14.4 Å². The van der Waals surface area contributed by atoms with Crippen molar-refractivity contribution < 1.29 is 18.7 Å². The van der Waals surface area contributed by atoms with E-state index in [1.807, 2.05) is 37.3 Å².